The van der Waals surface area contributed by atoms with Gasteiger partial charge in [-0.1, -0.05) is 25.4 Å². The first kappa shape index (κ1) is 12.9. The van der Waals surface area contributed by atoms with Crippen molar-refractivity contribution in [3.8, 4) is 0 Å². The summed E-state index contributed by atoms with van der Waals surface area (Å²) in [4.78, 5) is 6.45. The largest absolute Gasteiger partial charge is 0.330 e. The summed E-state index contributed by atoms with van der Waals surface area (Å²) < 4.78 is 0.747. The van der Waals surface area contributed by atoms with Crippen molar-refractivity contribution >= 4 is 22.9 Å². The molecule has 2 N–H and O–H groups in total. The molecule has 1 heterocycles. The van der Waals surface area contributed by atoms with Gasteiger partial charge in [-0.25, -0.2) is 4.98 Å². The van der Waals surface area contributed by atoms with Crippen LogP contribution in [0.3, 0.4) is 0 Å². The Morgan fingerprint density at radius 1 is 1.60 bits per heavy atom. The second-order valence-corrected chi connectivity index (χ2v) is 6.35. The van der Waals surface area contributed by atoms with E-state index in [4.69, 9.17) is 17.3 Å². The van der Waals surface area contributed by atoms with Crippen molar-refractivity contribution in [2.45, 2.75) is 20.4 Å². The SMILES string of the molecule is CN(Cc1ncc(Cl)s1)CC(C)(C)CN. The van der Waals surface area contributed by atoms with Gasteiger partial charge in [-0.15, -0.1) is 11.3 Å². The van der Waals surface area contributed by atoms with Gasteiger partial charge in [0, 0.05) is 6.54 Å². The molecule has 0 aliphatic rings. The summed E-state index contributed by atoms with van der Waals surface area (Å²) in [7, 11) is 2.08. The first-order valence-electron chi connectivity index (χ1n) is 4.92. The lowest BCUT2D eigenvalue weighted by atomic mass is 9.93. The van der Waals surface area contributed by atoms with Gasteiger partial charge in [-0.05, 0) is 19.0 Å². The van der Waals surface area contributed by atoms with E-state index in [9.17, 15) is 0 Å². The molecule has 1 aromatic rings. The normalized spacial score (nSPS) is 12.4. The summed E-state index contributed by atoms with van der Waals surface area (Å²) in [5.74, 6) is 0. The van der Waals surface area contributed by atoms with Gasteiger partial charge in [0.2, 0.25) is 0 Å². The Morgan fingerprint density at radius 2 is 2.27 bits per heavy atom. The first-order chi connectivity index (χ1) is 6.93. The molecule has 3 nitrogen and oxygen atoms in total. The molecule has 0 saturated heterocycles. The summed E-state index contributed by atoms with van der Waals surface area (Å²) in [6, 6.07) is 0. The highest BCUT2D eigenvalue weighted by Crippen LogP contribution is 2.21. The molecule has 0 saturated carbocycles. The van der Waals surface area contributed by atoms with Gasteiger partial charge in [-0.3, -0.25) is 4.90 Å². The number of rotatable bonds is 5. The Kier molecular flexibility index (Phi) is 4.52. The predicted octanol–water partition coefficient (Wildman–Crippen LogP) is 2.21. The fourth-order valence-corrected chi connectivity index (χ4v) is 2.48. The summed E-state index contributed by atoms with van der Waals surface area (Å²) in [5, 5.41) is 1.05. The van der Waals surface area contributed by atoms with Crippen LogP contribution in [0.5, 0.6) is 0 Å². The lowest BCUT2D eigenvalue weighted by molar-refractivity contribution is 0.209. The van der Waals surface area contributed by atoms with Crippen LogP contribution in [0.15, 0.2) is 6.20 Å². The Balaban J connectivity index is 2.46. The standard InChI is InChI=1S/C10H18ClN3S/c1-10(2,6-12)7-14(3)5-9-13-4-8(11)15-9/h4H,5-7,12H2,1-3H3. The van der Waals surface area contributed by atoms with E-state index in [1.807, 2.05) is 0 Å². The molecule has 86 valence electrons. The summed E-state index contributed by atoms with van der Waals surface area (Å²) in [6.45, 7) is 6.81. The molecular formula is C10H18ClN3S. The van der Waals surface area contributed by atoms with E-state index in [-0.39, 0.29) is 5.41 Å². The fourth-order valence-electron chi connectivity index (χ4n) is 1.44. The van der Waals surface area contributed by atoms with Crippen molar-refractivity contribution in [3.05, 3.63) is 15.5 Å². The Labute approximate surface area is 100 Å². The maximum absolute atomic E-state index is 5.82. The van der Waals surface area contributed by atoms with Crippen LogP contribution >= 0.6 is 22.9 Å². The summed E-state index contributed by atoms with van der Waals surface area (Å²) in [5.41, 5.74) is 5.84. The van der Waals surface area contributed by atoms with Crippen LogP contribution in [0, 0.1) is 5.41 Å². The molecule has 0 amide bonds. The van der Waals surface area contributed by atoms with E-state index in [0.717, 1.165) is 22.4 Å². The Bertz CT molecular complexity index is 311. The number of hydrogen-bond acceptors (Lipinski definition) is 4. The highest BCUT2D eigenvalue weighted by atomic mass is 35.5. The second kappa shape index (κ2) is 5.25. The predicted molar refractivity (Wildman–Crippen MR) is 66.3 cm³/mol. The van der Waals surface area contributed by atoms with Gasteiger partial charge in [0.05, 0.1) is 12.7 Å². The van der Waals surface area contributed by atoms with E-state index in [0.29, 0.717) is 6.54 Å². The van der Waals surface area contributed by atoms with Gasteiger partial charge >= 0.3 is 0 Å². The van der Waals surface area contributed by atoms with Crippen molar-refractivity contribution in [2.24, 2.45) is 11.1 Å². The van der Waals surface area contributed by atoms with E-state index in [2.05, 4.69) is 30.8 Å². The molecule has 0 spiro atoms. The smallest absolute Gasteiger partial charge is 0.113 e. The quantitative estimate of drug-likeness (QED) is 0.868. The average molecular weight is 248 g/mol. The molecule has 1 aromatic heterocycles. The number of aromatic nitrogens is 1. The highest BCUT2D eigenvalue weighted by molar-refractivity contribution is 7.15. The van der Waals surface area contributed by atoms with Crippen LogP contribution in [0.1, 0.15) is 18.9 Å². The van der Waals surface area contributed by atoms with Crippen LogP contribution in [0.2, 0.25) is 4.34 Å². The fraction of sp³-hybridized carbons (Fsp3) is 0.700. The third kappa shape index (κ3) is 4.47. The summed E-state index contributed by atoms with van der Waals surface area (Å²) in [6.07, 6.45) is 1.70. The first-order valence-corrected chi connectivity index (χ1v) is 6.11. The molecular weight excluding hydrogens is 230 g/mol. The number of halogens is 1. The third-order valence-electron chi connectivity index (χ3n) is 2.18. The minimum absolute atomic E-state index is 0.149. The molecule has 0 unspecified atom stereocenters. The van der Waals surface area contributed by atoms with Crippen LogP contribution in [0.4, 0.5) is 0 Å². The van der Waals surface area contributed by atoms with E-state index >= 15 is 0 Å². The second-order valence-electron chi connectivity index (χ2n) is 4.60. The van der Waals surface area contributed by atoms with Gasteiger partial charge in [0.15, 0.2) is 0 Å². The van der Waals surface area contributed by atoms with Crippen LogP contribution in [-0.2, 0) is 6.54 Å². The molecule has 0 aliphatic carbocycles. The molecule has 0 bridgehead atoms. The zero-order valence-corrected chi connectivity index (χ0v) is 11.0. The zero-order chi connectivity index (χ0) is 11.5. The molecule has 1 rings (SSSR count). The van der Waals surface area contributed by atoms with Crippen molar-refractivity contribution in [1.82, 2.24) is 9.88 Å². The van der Waals surface area contributed by atoms with E-state index in [1.165, 1.54) is 11.3 Å². The molecule has 0 fully saturated rings. The van der Waals surface area contributed by atoms with Gasteiger partial charge < -0.3 is 5.73 Å². The van der Waals surface area contributed by atoms with Crippen molar-refractivity contribution in [1.29, 1.82) is 0 Å². The maximum Gasteiger partial charge on any atom is 0.113 e. The van der Waals surface area contributed by atoms with Gasteiger partial charge in [0.1, 0.15) is 9.34 Å². The number of nitrogens with zero attached hydrogens (tertiary/aromatic N) is 2. The topological polar surface area (TPSA) is 42.2 Å². The van der Waals surface area contributed by atoms with Crippen molar-refractivity contribution in [2.75, 3.05) is 20.1 Å². The Hall–Kier alpha value is -0.160. The van der Waals surface area contributed by atoms with Crippen LogP contribution in [-0.4, -0.2) is 30.0 Å². The maximum atomic E-state index is 5.82. The van der Waals surface area contributed by atoms with Crippen molar-refractivity contribution < 1.29 is 0 Å². The number of thiazole rings is 1. The van der Waals surface area contributed by atoms with Gasteiger partial charge in [-0.2, -0.15) is 0 Å². The average Bonchev–Trinajstić information content (AvgIpc) is 2.50. The summed E-state index contributed by atoms with van der Waals surface area (Å²) >= 11 is 7.35. The molecule has 0 radical (unpaired) electrons. The molecule has 0 atom stereocenters. The number of hydrogen-bond donors (Lipinski definition) is 1. The van der Waals surface area contributed by atoms with Gasteiger partial charge in [0.25, 0.3) is 0 Å². The Morgan fingerprint density at radius 3 is 2.73 bits per heavy atom. The minimum Gasteiger partial charge on any atom is -0.330 e. The monoisotopic (exact) mass is 247 g/mol. The van der Waals surface area contributed by atoms with Crippen LogP contribution < -0.4 is 5.73 Å². The molecule has 15 heavy (non-hydrogen) atoms. The third-order valence-corrected chi connectivity index (χ3v) is 3.28. The van der Waals surface area contributed by atoms with E-state index < -0.39 is 0 Å². The zero-order valence-electron chi connectivity index (χ0n) is 9.46. The number of nitrogens with two attached hydrogens (primary N) is 1. The molecule has 0 aliphatic heterocycles. The van der Waals surface area contributed by atoms with Crippen molar-refractivity contribution in [3.63, 3.8) is 0 Å². The lowest BCUT2D eigenvalue weighted by Gasteiger charge is -2.28. The van der Waals surface area contributed by atoms with E-state index in [1.54, 1.807) is 6.20 Å². The molecule has 0 aromatic carbocycles. The molecule has 5 heteroatoms. The minimum atomic E-state index is 0.149. The highest BCUT2D eigenvalue weighted by Gasteiger charge is 2.18. The van der Waals surface area contributed by atoms with Crippen LogP contribution in [0.25, 0.3) is 0 Å². The lowest BCUT2D eigenvalue weighted by Crippen LogP contribution is -2.36.